The van der Waals surface area contributed by atoms with Gasteiger partial charge in [0.25, 0.3) is 0 Å². The first-order valence-electron chi connectivity index (χ1n) is 12.1. The molecule has 2 aliphatic heterocycles. The molecule has 0 spiro atoms. The average Bonchev–Trinajstić information content (AvgIpc) is 3.50. The predicted molar refractivity (Wildman–Crippen MR) is 126 cm³/mol. The smallest absolute Gasteiger partial charge is 0.231 e. The summed E-state index contributed by atoms with van der Waals surface area (Å²) in [5, 5.41) is 7.22. The SMILES string of the molecule is c1ccc(CN2CCC(Nc3nc(NC4CCCC4)nc(N4CCCC4)n3)CC2)cc1. The first-order valence-corrected chi connectivity index (χ1v) is 12.1. The molecule has 5 rings (SSSR count). The van der Waals surface area contributed by atoms with Crippen LogP contribution in [0.3, 0.4) is 0 Å². The third-order valence-corrected chi connectivity index (χ3v) is 6.87. The number of aromatic nitrogens is 3. The van der Waals surface area contributed by atoms with Crippen molar-refractivity contribution in [1.29, 1.82) is 0 Å². The van der Waals surface area contributed by atoms with E-state index >= 15 is 0 Å². The van der Waals surface area contributed by atoms with Gasteiger partial charge in [-0.15, -0.1) is 0 Å². The number of hydrogen-bond acceptors (Lipinski definition) is 7. The lowest BCUT2D eigenvalue weighted by molar-refractivity contribution is 0.211. The fraction of sp³-hybridized carbons (Fsp3) is 0.625. The highest BCUT2D eigenvalue weighted by Gasteiger charge is 2.23. The van der Waals surface area contributed by atoms with Gasteiger partial charge in [0.05, 0.1) is 0 Å². The van der Waals surface area contributed by atoms with Crippen molar-refractivity contribution in [3.8, 4) is 0 Å². The Morgan fingerprint density at radius 1 is 0.710 bits per heavy atom. The van der Waals surface area contributed by atoms with E-state index in [4.69, 9.17) is 15.0 Å². The lowest BCUT2D eigenvalue weighted by Gasteiger charge is -2.32. The molecule has 0 amide bonds. The highest BCUT2D eigenvalue weighted by Crippen LogP contribution is 2.24. The van der Waals surface area contributed by atoms with Gasteiger partial charge in [0.1, 0.15) is 0 Å². The first-order chi connectivity index (χ1) is 15.3. The van der Waals surface area contributed by atoms with Crippen LogP contribution >= 0.6 is 0 Å². The molecule has 0 radical (unpaired) electrons. The van der Waals surface area contributed by atoms with Crippen molar-refractivity contribution in [3.05, 3.63) is 35.9 Å². The number of nitrogens with zero attached hydrogens (tertiary/aromatic N) is 5. The van der Waals surface area contributed by atoms with Crippen LogP contribution in [0.5, 0.6) is 0 Å². The van der Waals surface area contributed by atoms with Gasteiger partial charge in [-0.2, -0.15) is 15.0 Å². The predicted octanol–water partition coefficient (Wildman–Crippen LogP) is 3.90. The molecule has 1 saturated carbocycles. The Bertz CT molecular complexity index is 823. The summed E-state index contributed by atoms with van der Waals surface area (Å²) in [6.45, 7) is 5.33. The highest BCUT2D eigenvalue weighted by atomic mass is 15.3. The highest BCUT2D eigenvalue weighted by molar-refractivity contribution is 5.45. The van der Waals surface area contributed by atoms with Gasteiger partial charge < -0.3 is 15.5 Å². The molecule has 7 heteroatoms. The van der Waals surface area contributed by atoms with Crippen LogP contribution in [0.15, 0.2) is 30.3 Å². The molecule has 0 bridgehead atoms. The summed E-state index contributed by atoms with van der Waals surface area (Å²) >= 11 is 0. The lowest BCUT2D eigenvalue weighted by Crippen LogP contribution is -2.39. The van der Waals surface area contributed by atoms with E-state index in [9.17, 15) is 0 Å². The molecular weight excluding hydrogens is 386 g/mol. The zero-order chi connectivity index (χ0) is 20.9. The Morgan fingerprint density at radius 2 is 1.32 bits per heavy atom. The van der Waals surface area contributed by atoms with Crippen molar-refractivity contribution in [1.82, 2.24) is 19.9 Å². The third-order valence-electron chi connectivity index (χ3n) is 6.87. The summed E-state index contributed by atoms with van der Waals surface area (Å²) in [6, 6.07) is 11.7. The van der Waals surface area contributed by atoms with E-state index in [1.165, 1.54) is 44.1 Å². The van der Waals surface area contributed by atoms with Crippen molar-refractivity contribution in [3.63, 3.8) is 0 Å². The van der Waals surface area contributed by atoms with E-state index in [0.717, 1.165) is 63.4 Å². The second-order valence-electron chi connectivity index (χ2n) is 9.28. The monoisotopic (exact) mass is 421 g/mol. The van der Waals surface area contributed by atoms with E-state index in [1.54, 1.807) is 0 Å². The Balaban J connectivity index is 1.22. The molecule has 1 aromatic carbocycles. The molecule has 3 fully saturated rings. The number of rotatable bonds is 7. The quantitative estimate of drug-likeness (QED) is 0.703. The summed E-state index contributed by atoms with van der Waals surface area (Å²) in [7, 11) is 0. The summed E-state index contributed by atoms with van der Waals surface area (Å²) in [4.78, 5) is 19.2. The van der Waals surface area contributed by atoms with Gasteiger partial charge in [0.15, 0.2) is 0 Å². The minimum absolute atomic E-state index is 0.417. The topological polar surface area (TPSA) is 69.2 Å². The summed E-state index contributed by atoms with van der Waals surface area (Å²) in [5.41, 5.74) is 1.39. The minimum atomic E-state index is 0.417. The van der Waals surface area contributed by atoms with Gasteiger partial charge >= 0.3 is 0 Å². The zero-order valence-corrected chi connectivity index (χ0v) is 18.5. The molecule has 166 valence electrons. The Hall–Kier alpha value is -2.41. The van der Waals surface area contributed by atoms with Gasteiger partial charge in [-0.05, 0) is 44.1 Å². The second kappa shape index (κ2) is 9.81. The Kier molecular flexibility index (Phi) is 6.48. The number of nitrogens with one attached hydrogen (secondary N) is 2. The van der Waals surface area contributed by atoms with E-state index in [1.807, 2.05) is 0 Å². The number of likely N-dealkylation sites (tertiary alicyclic amines) is 1. The van der Waals surface area contributed by atoms with Crippen LogP contribution in [0.2, 0.25) is 0 Å². The van der Waals surface area contributed by atoms with Crippen LogP contribution in [0.4, 0.5) is 17.8 Å². The summed E-state index contributed by atoms with van der Waals surface area (Å²) in [5.74, 6) is 2.31. The van der Waals surface area contributed by atoms with Gasteiger partial charge in [0, 0.05) is 44.8 Å². The van der Waals surface area contributed by atoms with E-state index in [-0.39, 0.29) is 0 Å². The maximum atomic E-state index is 4.81. The molecule has 1 aromatic heterocycles. The molecule has 2 saturated heterocycles. The minimum Gasteiger partial charge on any atom is -0.351 e. The normalized spacial score (nSPS) is 21.0. The molecule has 3 heterocycles. The molecule has 2 aromatic rings. The largest absolute Gasteiger partial charge is 0.351 e. The summed E-state index contributed by atoms with van der Waals surface area (Å²) in [6.07, 6.45) is 9.70. The van der Waals surface area contributed by atoms with Gasteiger partial charge in [0.2, 0.25) is 17.8 Å². The maximum absolute atomic E-state index is 4.81. The van der Waals surface area contributed by atoms with Gasteiger partial charge in [-0.25, -0.2) is 0 Å². The lowest BCUT2D eigenvalue weighted by atomic mass is 10.0. The van der Waals surface area contributed by atoms with Crippen molar-refractivity contribution < 1.29 is 0 Å². The summed E-state index contributed by atoms with van der Waals surface area (Å²) < 4.78 is 0. The number of piperidine rings is 1. The Morgan fingerprint density at radius 3 is 1.97 bits per heavy atom. The second-order valence-corrected chi connectivity index (χ2v) is 9.28. The standard InChI is InChI=1S/C24H35N7/c1-2-8-19(9-3-1)18-30-16-12-21(13-17-30)26-23-27-22(25-20-10-4-5-11-20)28-24(29-23)31-14-6-7-15-31/h1-3,8-9,20-21H,4-7,10-18H2,(H2,25,26,27,28,29). The van der Waals surface area contributed by atoms with Gasteiger partial charge in [-0.3, -0.25) is 4.90 Å². The first kappa shape index (κ1) is 20.5. The van der Waals surface area contributed by atoms with Crippen molar-refractivity contribution in [2.75, 3.05) is 41.7 Å². The molecule has 0 unspecified atom stereocenters. The fourth-order valence-electron chi connectivity index (χ4n) is 5.06. The van der Waals surface area contributed by atoms with Crippen molar-refractivity contribution >= 4 is 17.8 Å². The molecule has 7 nitrogen and oxygen atoms in total. The third kappa shape index (κ3) is 5.45. The van der Waals surface area contributed by atoms with Crippen LogP contribution in [0, 0.1) is 0 Å². The van der Waals surface area contributed by atoms with Crippen LogP contribution in [0.1, 0.15) is 56.9 Å². The molecule has 31 heavy (non-hydrogen) atoms. The maximum Gasteiger partial charge on any atom is 0.231 e. The number of hydrogen-bond donors (Lipinski definition) is 2. The van der Waals surface area contributed by atoms with Crippen molar-refractivity contribution in [2.45, 2.75) is 70.0 Å². The van der Waals surface area contributed by atoms with Crippen LogP contribution in [-0.2, 0) is 6.54 Å². The molecule has 3 aliphatic rings. The molecule has 1 aliphatic carbocycles. The van der Waals surface area contributed by atoms with E-state index < -0.39 is 0 Å². The van der Waals surface area contributed by atoms with E-state index in [0.29, 0.717) is 12.1 Å². The van der Waals surface area contributed by atoms with Crippen LogP contribution < -0.4 is 15.5 Å². The zero-order valence-electron chi connectivity index (χ0n) is 18.5. The Labute approximate surface area is 185 Å². The fourth-order valence-corrected chi connectivity index (χ4v) is 5.06. The number of anilines is 3. The van der Waals surface area contributed by atoms with Gasteiger partial charge in [-0.1, -0.05) is 43.2 Å². The van der Waals surface area contributed by atoms with Crippen LogP contribution in [-0.4, -0.2) is 58.1 Å². The van der Waals surface area contributed by atoms with E-state index in [2.05, 4.69) is 50.8 Å². The average molecular weight is 422 g/mol. The van der Waals surface area contributed by atoms with Crippen LogP contribution in [0.25, 0.3) is 0 Å². The molecular formula is C24H35N7. The molecule has 0 atom stereocenters. The number of benzene rings is 1. The molecule has 2 N–H and O–H groups in total. The van der Waals surface area contributed by atoms with Crippen molar-refractivity contribution in [2.24, 2.45) is 0 Å².